The molecule has 0 aliphatic rings. The van der Waals surface area contributed by atoms with E-state index in [9.17, 15) is 4.79 Å². The van der Waals surface area contributed by atoms with Crippen LogP contribution in [-0.2, 0) is 7.05 Å². The van der Waals surface area contributed by atoms with Crippen LogP contribution in [0.15, 0.2) is 28.7 Å². The second-order valence-corrected chi connectivity index (χ2v) is 6.06. The molecule has 0 atom stereocenters. The van der Waals surface area contributed by atoms with E-state index in [2.05, 4.69) is 37.2 Å². The number of aromatic nitrogens is 2. The third-order valence-electron chi connectivity index (χ3n) is 3.19. The van der Waals surface area contributed by atoms with E-state index in [1.165, 1.54) is 0 Å². The van der Waals surface area contributed by atoms with Crippen molar-refractivity contribution in [1.82, 2.24) is 20.6 Å². The maximum atomic E-state index is 12.1. The van der Waals surface area contributed by atoms with Crippen LogP contribution in [-0.4, -0.2) is 27.4 Å². The van der Waals surface area contributed by atoms with Crippen LogP contribution in [0.3, 0.4) is 0 Å². The zero-order valence-electron chi connectivity index (χ0n) is 13.5. The largest absolute Gasteiger partial charge is 0.494 e. The Hall–Kier alpha value is -2.13. The number of halogens is 1. The van der Waals surface area contributed by atoms with Crippen molar-refractivity contribution in [2.45, 2.75) is 13.8 Å². The van der Waals surface area contributed by atoms with E-state index in [1.807, 2.05) is 38.1 Å². The first-order chi connectivity index (χ1) is 11.4. The van der Waals surface area contributed by atoms with E-state index in [0.717, 1.165) is 17.1 Å². The van der Waals surface area contributed by atoms with Crippen molar-refractivity contribution in [2.24, 2.45) is 7.05 Å². The van der Waals surface area contributed by atoms with Crippen molar-refractivity contribution in [3.63, 3.8) is 0 Å². The van der Waals surface area contributed by atoms with E-state index < -0.39 is 0 Å². The summed E-state index contributed by atoms with van der Waals surface area (Å²) in [5, 5.41) is 7.36. The highest BCUT2D eigenvalue weighted by Gasteiger charge is 2.17. The number of hydrogen-bond donors (Lipinski definition) is 3. The molecule has 2 aromatic rings. The Morgan fingerprint density at radius 1 is 1.33 bits per heavy atom. The standard InChI is InChI=1S/C15H18BrN5O2S/c1-4-23-11-7-5-10(6-8-11)17-15(24)19-18-14(22)13-12(16)9(2)21(3)20-13/h5-8H,4H2,1-3H3,(H,18,22)(H2,17,19,24). The third kappa shape index (κ3) is 4.45. The quantitative estimate of drug-likeness (QED) is 0.529. The minimum atomic E-state index is -0.388. The molecule has 9 heteroatoms. The number of benzene rings is 1. The molecule has 1 heterocycles. The van der Waals surface area contributed by atoms with Gasteiger partial charge in [0.05, 0.1) is 16.8 Å². The van der Waals surface area contributed by atoms with Gasteiger partial charge in [-0.05, 0) is 66.3 Å². The molecule has 0 fully saturated rings. The number of nitrogens with one attached hydrogen (secondary N) is 3. The molecule has 2 rings (SSSR count). The molecular weight excluding hydrogens is 394 g/mol. The van der Waals surface area contributed by atoms with Gasteiger partial charge in [-0.25, -0.2) is 0 Å². The van der Waals surface area contributed by atoms with Gasteiger partial charge in [-0.2, -0.15) is 5.10 Å². The van der Waals surface area contributed by atoms with E-state index in [0.29, 0.717) is 11.1 Å². The zero-order chi connectivity index (χ0) is 17.7. The molecule has 0 unspecified atom stereocenters. The highest BCUT2D eigenvalue weighted by atomic mass is 79.9. The van der Waals surface area contributed by atoms with Gasteiger partial charge in [0.2, 0.25) is 0 Å². The number of hydrazine groups is 1. The van der Waals surface area contributed by atoms with E-state index >= 15 is 0 Å². The van der Waals surface area contributed by atoms with Crippen LogP contribution in [0.25, 0.3) is 0 Å². The van der Waals surface area contributed by atoms with Gasteiger partial charge in [-0.1, -0.05) is 0 Å². The molecule has 1 aromatic heterocycles. The number of aryl methyl sites for hydroxylation is 1. The average Bonchev–Trinajstić information content (AvgIpc) is 2.82. The molecule has 0 radical (unpaired) electrons. The second kappa shape index (κ2) is 8.11. The van der Waals surface area contributed by atoms with Gasteiger partial charge in [0.15, 0.2) is 10.8 Å². The Balaban J connectivity index is 1.88. The van der Waals surface area contributed by atoms with Crippen LogP contribution in [0, 0.1) is 6.92 Å². The third-order valence-corrected chi connectivity index (χ3v) is 4.34. The first-order valence-electron chi connectivity index (χ1n) is 7.21. The fourth-order valence-corrected chi connectivity index (χ4v) is 2.55. The van der Waals surface area contributed by atoms with Crippen molar-refractivity contribution in [3.05, 3.63) is 40.1 Å². The Morgan fingerprint density at radius 3 is 2.54 bits per heavy atom. The molecule has 7 nitrogen and oxygen atoms in total. The number of carbonyl (C=O) groups is 1. The number of rotatable bonds is 4. The highest BCUT2D eigenvalue weighted by Crippen LogP contribution is 2.19. The van der Waals surface area contributed by atoms with Gasteiger partial charge in [-0.3, -0.25) is 20.3 Å². The lowest BCUT2D eigenvalue weighted by atomic mass is 10.3. The summed E-state index contributed by atoms with van der Waals surface area (Å²) >= 11 is 8.50. The molecular formula is C15H18BrN5O2S. The predicted octanol–water partition coefficient (Wildman–Crippen LogP) is 2.52. The second-order valence-electron chi connectivity index (χ2n) is 4.86. The highest BCUT2D eigenvalue weighted by molar-refractivity contribution is 9.10. The van der Waals surface area contributed by atoms with Gasteiger partial charge < -0.3 is 10.1 Å². The summed E-state index contributed by atoms with van der Waals surface area (Å²) in [6.07, 6.45) is 0. The van der Waals surface area contributed by atoms with Crippen LogP contribution in [0.4, 0.5) is 5.69 Å². The fourth-order valence-electron chi connectivity index (χ4n) is 1.86. The Labute approximate surface area is 153 Å². The summed E-state index contributed by atoms with van der Waals surface area (Å²) in [6, 6.07) is 7.33. The lowest BCUT2D eigenvalue weighted by molar-refractivity contribution is 0.0937. The summed E-state index contributed by atoms with van der Waals surface area (Å²) in [4.78, 5) is 12.1. The summed E-state index contributed by atoms with van der Waals surface area (Å²) in [5.41, 5.74) is 7.07. The van der Waals surface area contributed by atoms with Crippen molar-refractivity contribution < 1.29 is 9.53 Å². The number of nitrogens with zero attached hydrogens (tertiary/aromatic N) is 2. The van der Waals surface area contributed by atoms with E-state index in [4.69, 9.17) is 17.0 Å². The number of anilines is 1. The summed E-state index contributed by atoms with van der Waals surface area (Å²) in [6.45, 7) is 4.40. The monoisotopic (exact) mass is 411 g/mol. The SMILES string of the molecule is CCOc1ccc(NC(=S)NNC(=O)c2nn(C)c(C)c2Br)cc1. The minimum Gasteiger partial charge on any atom is -0.494 e. The van der Waals surface area contributed by atoms with E-state index in [-0.39, 0.29) is 16.7 Å². The predicted molar refractivity (Wildman–Crippen MR) is 100 cm³/mol. The van der Waals surface area contributed by atoms with Crippen LogP contribution in [0.2, 0.25) is 0 Å². The van der Waals surface area contributed by atoms with Crippen LogP contribution in [0.1, 0.15) is 23.1 Å². The zero-order valence-corrected chi connectivity index (χ0v) is 15.9. The topological polar surface area (TPSA) is 80.2 Å². The molecule has 128 valence electrons. The number of hydrogen-bond acceptors (Lipinski definition) is 4. The molecule has 0 saturated carbocycles. The number of ether oxygens (including phenoxy) is 1. The van der Waals surface area contributed by atoms with Crippen LogP contribution in [0.5, 0.6) is 5.75 Å². The summed E-state index contributed by atoms with van der Waals surface area (Å²) in [7, 11) is 1.77. The Morgan fingerprint density at radius 2 is 2.00 bits per heavy atom. The first-order valence-corrected chi connectivity index (χ1v) is 8.41. The van der Waals surface area contributed by atoms with Gasteiger partial charge in [0.1, 0.15) is 5.75 Å². The Bertz CT molecular complexity index is 745. The van der Waals surface area contributed by atoms with Crippen molar-refractivity contribution in [1.29, 1.82) is 0 Å². The summed E-state index contributed by atoms with van der Waals surface area (Å²) < 4.78 is 7.64. The normalized spacial score (nSPS) is 10.2. The van der Waals surface area contributed by atoms with Crippen LogP contribution >= 0.6 is 28.1 Å². The van der Waals surface area contributed by atoms with Gasteiger partial charge in [0, 0.05) is 12.7 Å². The maximum Gasteiger partial charge on any atom is 0.291 e. The number of thiocarbonyl (C=S) groups is 1. The molecule has 1 aromatic carbocycles. The van der Waals surface area contributed by atoms with Crippen molar-refractivity contribution in [3.8, 4) is 5.75 Å². The molecule has 0 aliphatic heterocycles. The van der Waals surface area contributed by atoms with Gasteiger partial charge in [0.25, 0.3) is 5.91 Å². The Kier molecular flexibility index (Phi) is 6.16. The van der Waals surface area contributed by atoms with Crippen LogP contribution < -0.4 is 20.9 Å². The molecule has 24 heavy (non-hydrogen) atoms. The minimum absolute atomic E-state index is 0.260. The van der Waals surface area contributed by atoms with Crippen molar-refractivity contribution >= 4 is 44.9 Å². The lowest BCUT2D eigenvalue weighted by Crippen LogP contribution is -2.44. The molecule has 0 saturated heterocycles. The molecule has 3 N–H and O–H groups in total. The molecule has 0 bridgehead atoms. The van der Waals surface area contributed by atoms with Gasteiger partial charge >= 0.3 is 0 Å². The lowest BCUT2D eigenvalue weighted by Gasteiger charge is -2.11. The van der Waals surface area contributed by atoms with E-state index in [1.54, 1.807) is 11.7 Å². The first kappa shape index (κ1) is 18.2. The van der Waals surface area contributed by atoms with Gasteiger partial charge in [-0.15, -0.1) is 0 Å². The summed E-state index contributed by atoms with van der Waals surface area (Å²) in [5.74, 6) is 0.395. The molecule has 1 amide bonds. The smallest absolute Gasteiger partial charge is 0.291 e. The van der Waals surface area contributed by atoms with Crippen molar-refractivity contribution in [2.75, 3.05) is 11.9 Å². The fraction of sp³-hybridized carbons (Fsp3) is 0.267. The number of amides is 1. The molecule has 0 spiro atoms. The maximum absolute atomic E-state index is 12.1. The average molecular weight is 412 g/mol. The number of carbonyl (C=O) groups excluding carboxylic acids is 1. The molecule has 0 aliphatic carbocycles.